The van der Waals surface area contributed by atoms with E-state index in [9.17, 15) is 4.79 Å². The van der Waals surface area contributed by atoms with E-state index in [1.54, 1.807) is 25.1 Å². The Labute approximate surface area is 85.6 Å². The molecular weight excluding hydrogens is 198 g/mol. The molecule has 1 heterocycles. The lowest BCUT2D eigenvalue weighted by Crippen LogP contribution is -2.07. The minimum atomic E-state index is -0.775. The first-order chi connectivity index (χ1) is 7.20. The highest BCUT2D eigenvalue weighted by Crippen LogP contribution is 2.25. The number of benzene rings is 1. The van der Waals surface area contributed by atoms with Crippen LogP contribution in [-0.4, -0.2) is 18.2 Å². The first-order valence-corrected chi connectivity index (χ1v) is 4.32. The predicted octanol–water partition coefficient (Wildman–Crippen LogP) is 2.28. The molecule has 2 aromatic rings. The van der Waals surface area contributed by atoms with Gasteiger partial charge in [-0.05, 0) is 12.1 Å². The van der Waals surface area contributed by atoms with Crippen molar-refractivity contribution in [1.29, 1.82) is 0 Å². The second-order valence-electron chi connectivity index (χ2n) is 2.89. The number of hydrogen-bond acceptors (Lipinski definition) is 5. The maximum absolute atomic E-state index is 10.9. The molecule has 1 aromatic carbocycles. The summed E-state index contributed by atoms with van der Waals surface area (Å²) in [5, 5.41) is 0. The van der Waals surface area contributed by atoms with Gasteiger partial charge in [-0.2, -0.15) is 0 Å². The number of aryl methyl sites for hydroxylation is 1. The first kappa shape index (κ1) is 9.51. The van der Waals surface area contributed by atoms with E-state index in [0.717, 1.165) is 0 Å². The molecule has 0 saturated carbocycles. The van der Waals surface area contributed by atoms with Gasteiger partial charge in [0.25, 0.3) is 0 Å². The number of ether oxygens (including phenoxy) is 2. The summed E-state index contributed by atoms with van der Waals surface area (Å²) >= 11 is 0. The molecule has 5 heteroatoms. The van der Waals surface area contributed by atoms with Gasteiger partial charge in [0.15, 0.2) is 22.7 Å². The van der Waals surface area contributed by atoms with Gasteiger partial charge in [-0.1, -0.05) is 6.07 Å². The minimum Gasteiger partial charge on any atom is -0.441 e. The molecule has 0 atom stereocenters. The summed E-state index contributed by atoms with van der Waals surface area (Å²) in [4.78, 5) is 15.0. The SMILES string of the molecule is COC(=O)Oc1cccc2oc(C)nc12. The lowest BCUT2D eigenvalue weighted by atomic mass is 10.3. The van der Waals surface area contributed by atoms with Gasteiger partial charge in [0.05, 0.1) is 7.11 Å². The Morgan fingerprint density at radius 3 is 3.00 bits per heavy atom. The third kappa shape index (κ3) is 1.76. The lowest BCUT2D eigenvalue weighted by Gasteiger charge is -2.01. The van der Waals surface area contributed by atoms with Gasteiger partial charge < -0.3 is 13.9 Å². The van der Waals surface area contributed by atoms with Crippen molar-refractivity contribution in [3.8, 4) is 5.75 Å². The fourth-order valence-corrected chi connectivity index (χ4v) is 1.25. The maximum atomic E-state index is 10.9. The summed E-state index contributed by atoms with van der Waals surface area (Å²) in [7, 11) is 1.25. The number of rotatable bonds is 1. The monoisotopic (exact) mass is 207 g/mol. The summed E-state index contributed by atoms with van der Waals surface area (Å²) in [6.07, 6.45) is -0.775. The van der Waals surface area contributed by atoms with Gasteiger partial charge in [-0.25, -0.2) is 9.78 Å². The molecule has 1 aromatic heterocycles. The molecular formula is C10H9NO4. The fraction of sp³-hybridized carbons (Fsp3) is 0.200. The zero-order chi connectivity index (χ0) is 10.8. The predicted molar refractivity (Wildman–Crippen MR) is 51.8 cm³/mol. The number of carbonyl (C=O) groups excluding carboxylic acids is 1. The molecule has 0 aliphatic rings. The van der Waals surface area contributed by atoms with Gasteiger partial charge in [0.1, 0.15) is 0 Å². The normalized spacial score (nSPS) is 10.3. The molecule has 0 saturated heterocycles. The largest absolute Gasteiger partial charge is 0.513 e. The van der Waals surface area contributed by atoms with Crippen LogP contribution in [0.3, 0.4) is 0 Å². The molecule has 2 rings (SSSR count). The summed E-state index contributed by atoms with van der Waals surface area (Å²) in [6.45, 7) is 1.72. The van der Waals surface area contributed by atoms with Crippen LogP contribution in [0.15, 0.2) is 22.6 Å². The van der Waals surface area contributed by atoms with Crippen molar-refractivity contribution in [2.45, 2.75) is 6.92 Å². The van der Waals surface area contributed by atoms with Crippen molar-refractivity contribution in [3.63, 3.8) is 0 Å². The van der Waals surface area contributed by atoms with Gasteiger partial charge in [0, 0.05) is 6.92 Å². The molecule has 0 fully saturated rings. The number of nitrogens with zero attached hydrogens (tertiary/aromatic N) is 1. The van der Waals surface area contributed by atoms with Crippen molar-refractivity contribution >= 4 is 17.3 Å². The second kappa shape index (κ2) is 3.61. The van der Waals surface area contributed by atoms with E-state index in [1.807, 2.05) is 0 Å². The number of hydrogen-bond donors (Lipinski definition) is 0. The minimum absolute atomic E-state index is 0.330. The molecule has 0 aliphatic carbocycles. The number of aromatic nitrogens is 1. The Kier molecular flexibility index (Phi) is 2.29. The van der Waals surface area contributed by atoms with Crippen molar-refractivity contribution in [1.82, 2.24) is 4.98 Å². The van der Waals surface area contributed by atoms with E-state index in [-0.39, 0.29) is 0 Å². The third-order valence-electron chi connectivity index (χ3n) is 1.85. The summed E-state index contributed by atoms with van der Waals surface area (Å²) in [5.41, 5.74) is 1.09. The zero-order valence-electron chi connectivity index (χ0n) is 8.31. The molecule has 0 radical (unpaired) electrons. The van der Waals surface area contributed by atoms with Crippen LogP contribution in [0.4, 0.5) is 4.79 Å². The highest BCUT2D eigenvalue weighted by atomic mass is 16.7. The number of carbonyl (C=O) groups is 1. The third-order valence-corrected chi connectivity index (χ3v) is 1.85. The molecule has 0 N–H and O–H groups in total. The fourth-order valence-electron chi connectivity index (χ4n) is 1.25. The van der Waals surface area contributed by atoms with Crippen LogP contribution in [0.5, 0.6) is 5.75 Å². The summed E-state index contributed by atoms with van der Waals surface area (Å²) < 4.78 is 14.6. The summed E-state index contributed by atoms with van der Waals surface area (Å²) in [5.74, 6) is 0.849. The van der Waals surface area contributed by atoms with Crippen molar-refractivity contribution in [2.24, 2.45) is 0 Å². The van der Waals surface area contributed by atoms with E-state index in [2.05, 4.69) is 9.72 Å². The molecule has 15 heavy (non-hydrogen) atoms. The van der Waals surface area contributed by atoms with E-state index in [4.69, 9.17) is 9.15 Å². The smallest absolute Gasteiger partial charge is 0.441 e. The molecule has 0 unspecified atom stereocenters. The van der Waals surface area contributed by atoms with E-state index in [1.165, 1.54) is 7.11 Å². The van der Waals surface area contributed by atoms with E-state index >= 15 is 0 Å². The molecule has 0 bridgehead atoms. The van der Waals surface area contributed by atoms with Crippen LogP contribution in [-0.2, 0) is 4.74 Å². The second-order valence-corrected chi connectivity index (χ2v) is 2.89. The Morgan fingerprint density at radius 1 is 1.47 bits per heavy atom. The molecule has 0 aliphatic heterocycles. The van der Waals surface area contributed by atoms with Crippen molar-refractivity contribution in [3.05, 3.63) is 24.1 Å². The number of oxazole rings is 1. The number of methoxy groups -OCH3 is 1. The van der Waals surface area contributed by atoms with Gasteiger partial charge in [-0.3, -0.25) is 0 Å². The Balaban J connectivity index is 2.46. The molecule has 0 spiro atoms. The average Bonchev–Trinajstić information content (AvgIpc) is 2.59. The van der Waals surface area contributed by atoms with Crippen molar-refractivity contribution in [2.75, 3.05) is 7.11 Å². The van der Waals surface area contributed by atoms with Crippen LogP contribution in [0, 0.1) is 6.92 Å². The van der Waals surface area contributed by atoms with Crippen LogP contribution >= 0.6 is 0 Å². The first-order valence-electron chi connectivity index (χ1n) is 4.32. The van der Waals surface area contributed by atoms with E-state index < -0.39 is 6.16 Å². The van der Waals surface area contributed by atoms with Crippen LogP contribution in [0.2, 0.25) is 0 Å². The van der Waals surface area contributed by atoms with Gasteiger partial charge in [-0.15, -0.1) is 0 Å². The summed E-state index contributed by atoms with van der Waals surface area (Å²) in [6, 6.07) is 5.09. The molecule has 78 valence electrons. The standard InChI is InChI=1S/C10H9NO4/c1-6-11-9-7(14-6)4-3-5-8(9)15-10(12)13-2/h3-5H,1-2H3. The Bertz CT molecular complexity index is 503. The molecule has 0 amide bonds. The van der Waals surface area contributed by atoms with Crippen LogP contribution in [0.1, 0.15) is 5.89 Å². The van der Waals surface area contributed by atoms with Crippen LogP contribution < -0.4 is 4.74 Å². The Morgan fingerprint density at radius 2 is 2.27 bits per heavy atom. The highest BCUT2D eigenvalue weighted by molar-refractivity contribution is 5.82. The Hall–Kier alpha value is -2.04. The average molecular weight is 207 g/mol. The lowest BCUT2D eigenvalue weighted by molar-refractivity contribution is 0.122. The number of fused-ring (bicyclic) bond motifs is 1. The maximum Gasteiger partial charge on any atom is 0.513 e. The highest BCUT2D eigenvalue weighted by Gasteiger charge is 2.11. The quantitative estimate of drug-likeness (QED) is 0.530. The van der Waals surface area contributed by atoms with E-state index in [0.29, 0.717) is 22.7 Å². The topological polar surface area (TPSA) is 61.6 Å². The molecule has 5 nitrogen and oxygen atoms in total. The van der Waals surface area contributed by atoms with Crippen LogP contribution in [0.25, 0.3) is 11.1 Å². The number of para-hydroxylation sites is 1. The van der Waals surface area contributed by atoms with Crippen molar-refractivity contribution < 1.29 is 18.7 Å². The van der Waals surface area contributed by atoms with Gasteiger partial charge >= 0.3 is 6.16 Å². The zero-order valence-corrected chi connectivity index (χ0v) is 8.31. The van der Waals surface area contributed by atoms with Gasteiger partial charge in [0.2, 0.25) is 0 Å².